The van der Waals surface area contributed by atoms with Gasteiger partial charge in [-0.2, -0.15) is 0 Å². The van der Waals surface area contributed by atoms with Crippen LogP contribution in [0.2, 0.25) is 0 Å². The van der Waals surface area contributed by atoms with E-state index >= 15 is 0 Å². The van der Waals surface area contributed by atoms with Gasteiger partial charge >= 0.3 is 0 Å². The molecule has 2 nitrogen and oxygen atoms in total. The van der Waals surface area contributed by atoms with Crippen LogP contribution in [0.15, 0.2) is 12.8 Å². The predicted molar refractivity (Wildman–Crippen MR) is 48.7 cm³/mol. The van der Waals surface area contributed by atoms with Crippen molar-refractivity contribution in [3.63, 3.8) is 0 Å². The minimum absolute atomic E-state index is 0.295. The van der Waals surface area contributed by atoms with Crippen molar-refractivity contribution in [3.05, 3.63) is 12.8 Å². The highest BCUT2D eigenvalue weighted by Gasteiger charge is 2.39. The van der Waals surface area contributed by atoms with E-state index in [4.69, 9.17) is 9.47 Å². The number of hydrogen-bond donors (Lipinski definition) is 0. The number of rotatable bonds is 6. The molecule has 0 amide bonds. The Labute approximate surface area is 74.6 Å². The molecule has 1 atom stereocenters. The maximum absolute atomic E-state index is 5.41. The van der Waals surface area contributed by atoms with Gasteiger partial charge in [-0.25, -0.2) is 0 Å². The van der Waals surface area contributed by atoms with E-state index in [9.17, 15) is 0 Å². The molecule has 1 saturated heterocycles. The van der Waals surface area contributed by atoms with Gasteiger partial charge in [-0.15, -0.1) is 0 Å². The van der Waals surface area contributed by atoms with Gasteiger partial charge in [0.15, 0.2) is 0 Å². The van der Waals surface area contributed by atoms with E-state index in [0.717, 1.165) is 19.4 Å². The third kappa shape index (κ3) is 2.24. The van der Waals surface area contributed by atoms with Crippen LogP contribution in [0.4, 0.5) is 0 Å². The zero-order valence-electron chi connectivity index (χ0n) is 7.84. The first kappa shape index (κ1) is 9.59. The smallest absolute Gasteiger partial charge is 0.211 e. The standard InChI is InChI=1S/C10H18O2/c1-3-5-6-7-10(11-4-2)8-9-12-10/h4H,2-3,5-9H2,1H3. The molecule has 0 N–H and O–H groups in total. The van der Waals surface area contributed by atoms with Gasteiger partial charge in [0.1, 0.15) is 0 Å². The molecule has 0 aromatic carbocycles. The highest BCUT2D eigenvalue weighted by atomic mass is 16.7. The lowest BCUT2D eigenvalue weighted by molar-refractivity contribution is -0.287. The zero-order valence-corrected chi connectivity index (χ0v) is 7.84. The van der Waals surface area contributed by atoms with Gasteiger partial charge in [0, 0.05) is 12.8 Å². The van der Waals surface area contributed by atoms with Crippen LogP contribution >= 0.6 is 0 Å². The van der Waals surface area contributed by atoms with E-state index in [1.807, 2.05) is 0 Å². The second-order valence-electron chi connectivity index (χ2n) is 3.25. The first-order chi connectivity index (χ1) is 5.83. The molecule has 2 heteroatoms. The molecular weight excluding hydrogens is 152 g/mol. The Bertz CT molecular complexity index is 139. The summed E-state index contributed by atoms with van der Waals surface area (Å²) < 4.78 is 10.8. The van der Waals surface area contributed by atoms with Crippen LogP contribution in [-0.2, 0) is 9.47 Å². The molecule has 1 aliphatic heterocycles. The van der Waals surface area contributed by atoms with Crippen LogP contribution in [0.3, 0.4) is 0 Å². The maximum Gasteiger partial charge on any atom is 0.211 e. The molecule has 1 fully saturated rings. The fourth-order valence-corrected chi connectivity index (χ4v) is 1.47. The second kappa shape index (κ2) is 4.51. The van der Waals surface area contributed by atoms with Crippen molar-refractivity contribution < 1.29 is 9.47 Å². The Morgan fingerprint density at radius 3 is 2.75 bits per heavy atom. The number of hydrogen-bond acceptors (Lipinski definition) is 2. The average Bonchev–Trinajstić information content (AvgIpc) is 2.00. The normalized spacial score (nSPS) is 27.8. The van der Waals surface area contributed by atoms with Crippen molar-refractivity contribution in [2.45, 2.75) is 44.8 Å². The lowest BCUT2D eigenvalue weighted by Crippen LogP contribution is -2.44. The zero-order chi connectivity index (χ0) is 8.86. The molecule has 1 heterocycles. The summed E-state index contributed by atoms with van der Waals surface area (Å²) in [6.07, 6.45) is 7.20. The fraction of sp³-hybridized carbons (Fsp3) is 0.800. The summed E-state index contributed by atoms with van der Waals surface area (Å²) in [6.45, 7) is 6.58. The average molecular weight is 170 g/mol. The third-order valence-electron chi connectivity index (χ3n) is 2.31. The van der Waals surface area contributed by atoms with E-state index in [1.54, 1.807) is 0 Å². The van der Waals surface area contributed by atoms with Crippen LogP contribution in [0, 0.1) is 0 Å². The summed E-state index contributed by atoms with van der Waals surface area (Å²) in [5, 5.41) is 0. The molecule has 1 aliphatic rings. The van der Waals surface area contributed by atoms with Crippen LogP contribution in [-0.4, -0.2) is 12.4 Å². The molecule has 70 valence electrons. The molecular formula is C10H18O2. The summed E-state index contributed by atoms with van der Waals surface area (Å²) in [7, 11) is 0. The van der Waals surface area contributed by atoms with E-state index in [0.29, 0.717) is 0 Å². The minimum atomic E-state index is -0.295. The van der Waals surface area contributed by atoms with Gasteiger partial charge in [-0.3, -0.25) is 0 Å². The highest BCUT2D eigenvalue weighted by molar-refractivity contribution is 4.80. The van der Waals surface area contributed by atoms with Gasteiger partial charge < -0.3 is 9.47 Å². The summed E-state index contributed by atoms with van der Waals surface area (Å²) in [5.41, 5.74) is 0. The molecule has 0 aromatic rings. The Morgan fingerprint density at radius 2 is 2.33 bits per heavy atom. The monoisotopic (exact) mass is 170 g/mol. The van der Waals surface area contributed by atoms with Crippen LogP contribution < -0.4 is 0 Å². The van der Waals surface area contributed by atoms with Crippen molar-refractivity contribution in [2.24, 2.45) is 0 Å². The molecule has 0 spiro atoms. The van der Waals surface area contributed by atoms with Gasteiger partial charge in [0.25, 0.3) is 0 Å². The van der Waals surface area contributed by atoms with Crippen LogP contribution in [0.5, 0.6) is 0 Å². The molecule has 12 heavy (non-hydrogen) atoms. The molecule has 1 rings (SSSR count). The van der Waals surface area contributed by atoms with Crippen molar-refractivity contribution in [2.75, 3.05) is 6.61 Å². The summed E-state index contributed by atoms with van der Waals surface area (Å²) >= 11 is 0. The highest BCUT2D eigenvalue weighted by Crippen LogP contribution is 2.33. The SMILES string of the molecule is C=COC1(CCCCC)CCO1. The summed E-state index contributed by atoms with van der Waals surface area (Å²) in [5.74, 6) is -0.295. The Morgan fingerprint density at radius 1 is 1.58 bits per heavy atom. The summed E-state index contributed by atoms with van der Waals surface area (Å²) in [4.78, 5) is 0. The van der Waals surface area contributed by atoms with E-state index < -0.39 is 0 Å². The van der Waals surface area contributed by atoms with Crippen LogP contribution in [0.1, 0.15) is 39.0 Å². The van der Waals surface area contributed by atoms with Crippen molar-refractivity contribution in [3.8, 4) is 0 Å². The number of ether oxygens (including phenoxy) is 2. The molecule has 0 radical (unpaired) electrons. The van der Waals surface area contributed by atoms with Gasteiger partial charge in [0.05, 0.1) is 12.9 Å². The first-order valence-corrected chi connectivity index (χ1v) is 4.76. The first-order valence-electron chi connectivity index (χ1n) is 4.76. The van der Waals surface area contributed by atoms with E-state index in [1.165, 1.54) is 25.5 Å². The van der Waals surface area contributed by atoms with Gasteiger partial charge in [-0.1, -0.05) is 26.3 Å². The Balaban J connectivity index is 2.19. The second-order valence-corrected chi connectivity index (χ2v) is 3.25. The predicted octanol–water partition coefficient (Wildman–Crippen LogP) is 2.84. The minimum Gasteiger partial charge on any atom is -0.471 e. The van der Waals surface area contributed by atoms with E-state index in [2.05, 4.69) is 13.5 Å². The lowest BCUT2D eigenvalue weighted by Gasteiger charge is -2.40. The van der Waals surface area contributed by atoms with Gasteiger partial charge in [0.2, 0.25) is 5.79 Å². The third-order valence-corrected chi connectivity index (χ3v) is 2.31. The van der Waals surface area contributed by atoms with Crippen molar-refractivity contribution >= 4 is 0 Å². The Kier molecular flexibility index (Phi) is 3.60. The molecule has 0 bridgehead atoms. The quantitative estimate of drug-likeness (QED) is 0.451. The van der Waals surface area contributed by atoms with Crippen LogP contribution in [0.25, 0.3) is 0 Å². The van der Waals surface area contributed by atoms with Crippen molar-refractivity contribution in [1.29, 1.82) is 0 Å². The molecule has 0 saturated carbocycles. The molecule has 1 unspecified atom stereocenters. The van der Waals surface area contributed by atoms with Crippen molar-refractivity contribution in [1.82, 2.24) is 0 Å². The topological polar surface area (TPSA) is 18.5 Å². The van der Waals surface area contributed by atoms with E-state index in [-0.39, 0.29) is 5.79 Å². The molecule has 0 aliphatic carbocycles. The number of unbranched alkanes of at least 4 members (excludes halogenated alkanes) is 2. The fourth-order valence-electron chi connectivity index (χ4n) is 1.47. The maximum atomic E-state index is 5.41. The largest absolute Gasteiger partial charge is 0.471 e. The summed E-state index contributed by atoms with van der Waals surface area (Å²) in [6, 6.07) is 0. The van der Waals surface area contributed by atoms with Gasteiger partial charge in [-0.05, 0) is 6.42 Å². The Hall–Kier alpha value is -0.500. The lowest BCUT2D eigenvalue weighted by atomic mass is 10.0. The molecule has 0 aromatic heterocycles.